The van der Waals surface area contributed by atoms with Crippen LogP contribution in [0.15, 0.2) is 41.5 Å². The van der Waals surface area contributed by atoms with Crippen molar-refractivity contribution in [1.82, 2.24) is 20.6 Å². The number of rotatable bonds is 6. The highest BCUT2D eigenvalue weighted by molar-refractivity contribution is 7.11. The number of nitrogens with one attached hydrogen (secondary N) is 2. The average molecular weight is 368 g/mol. The van der Waals surface area contributed by atoms with E-state index in [9.17, 15) is 0 Å². The molecule has 0 atom stereocenters. The van der Waals surface area contributed by atoms with E-state index in [0.717, 1.165) is 41.7 Å². The minimum atomic E-state index is 0.655. The van der Waals surface area contributed by atoms with E-state index in [1.54, 1.807) is 11.3 Å². The van der Waals surface area contributed by atoms with E-state index < -0.39 is 0 Å². The fourth-order valence-electron chi connectivity index (χ4n) is 2.90. The van der Waals surface area contributed by atoms with Crippen molar-refractivity contribution >= 4 is 28.2 Å². The second kappa shape index (κ2) is 8.76. The molecule has 0 unspecified atom stereocenters. The van der Waals surface area contributed by atoms with Crippen LogP contribution in [0.3, 0.4) is 0 Å². The van der Waals surface area contributed by atoms with E-state index in [1.807, 2.05) is 26.1 Å². The number of aromatic nitrogens is 2. The van der Waals surface area contributed by atoms with Crippen LogP contribution in [0.25, 0.3) is 10.9 Å². The first-order valence-corrected chi connectivity index (χ1v) is 9.76. The fourth-order valence-corrected chi connectivity index (χ4v) is 3.76. The molecule has 0 amide bonds. The van der Waals surface area contributed by atoms with E-state index in [0.29, 0.717) is 6.54 Å². The first-order chi connectivity index (χ1) is 12.7. The summed E-state index contributed by atoms with van der Waals surface area (Å²) < 4.78 is 0. The number of thiazole rings is 1. The average Bonchev–Trinajstić information content (AvgIpc) is 2.97. The Morgan fingerprint density at radius 1 is 1.15 bits per heavy atom. The van der Waals surface area contributed by atoms with Crippen LogP contribution in [-0.4, -0.2) is 29.0 Å². The molecule has 2 heterocycles. The molecule has 0 aliphatic rings. The van der Waals surface area contributed by atoms with Gasteiger partial charge in [0.2, 0.25) is 0 Å². The molecule has 3 aromatic rings. The number of hydrogen-bond donors (Lipinski definition) is 2. The summed E-state index contributed by atoms with van der Waals surface area (Å²) in [5.74, 6) is 0.839. The third-order valence-electron chi connectivity index (χ3n) is 4.13. The van der Waals surface area contributed by atoms with Crippen LogP contribution in [-0.2, 0) is 13.0 Å². The lowest BCUT2D eigenvalue weighted by Gasteiger charge is -2.12. The Balaban J connectivity index is 1.63. The molecule has 0 bridgehead atoms. The van der Waals surface area contributed by atoms with Gasteiger partial charge in [-0.05, 0) is 38.8 Å². The predicted octanol–water partition coefficient (Wildman–Crippen LogP) is 3.61. The maximum atomic E-state index is 4.70. The lowest BCUT2D eigenvalue weighted by molar-refractivity contribution is 0.801. The Bertz CT molecular complexity index is 895. The van der Waals surface area contributed by atoms with Gasteiger partial charge < -0.3 is 10.6 Å². The van der Waals surface area contributed by atoms with Crippen molar-refractivity contribution in [2.24, 2.45) is 4.99 Å². The van der Waals surface area contributed by atoms with Gasteiger partial charge in [0.25, 0.3) is 0 Å². The van der Waals surface area contributed by atoms with E-state index in [2.05, 4.69) is 51.8 Å². The second-order valence-electron chi connectivity index (χ2n) is 6.11. The monoisotopic (exact) mass is 367 g/mol. The van der Waals surface area contributed by atoms with Gasteiger partial charge >= 0.3 is 0 Å². The topological polar surface area (TPSA) is 62.2 Å². The molecule has 0 saturated carbocycles. The van der Waals surface area contributed by atoms with Crippen LogP contribution in [0.1, 0.15) is 28.1 Å². The number of hydrogen-bond acceptors (Lipinski definition) is 4. The zero-order chi connectivity index (χ0) is 18.4. The number of pyridine rings is 1. The minimum Gasteiger partial charge on any atom is -0.357 e. The largest absolute Gasteiger partial charge is 0.357 e. The third kappa shape index (κ3) is 4.58. The van der Waals surface area contributed by atoms with Gasteiger partial charge in [-0.15, -0.1) is 11.3 Å². The van der Waals surface area contributed by atoms with Crippen LogP contribution in [0, 0.1) is 13.8 Å². The highest BCUT2D eigenvalue weighted by atomic mass is 32.1. The molecule has 0 spiro atoms. The summed E-state index contributed by atoms with van der Waals surface area (Å²) in [5.41, 5.74) is 3.41. The number of nitrogens with zero attached hydrogens (tertiary/aromatic N) is 3. The molecule has 1 aromatic carbocycles. The molecule has 0 radical (unpaired) electrons. The lowest BCUT2D eigenvalue weighted by atomic mass is 10.1. The summed E-state index contributed by atoms with van der Waals surface area (Å²) >= 11 is 1.71. The molecule has 3 rings (SSSR count). The number of guanidine groups is 1. The molecule has 0 aliphatic carbocycles. The zero-order valence-electron chi connectivity index (χ0n) is 15.5. The van der Waals surface area contributed by atoms with Gasteiger partial charge in [0.1, 0.15) is 0 Å². The SMILES string of the molecule is CCNC(=NCc1sc(C)nc1C)NCCc1cccc2cccnc12. The Hall–Kier alpha value is -2.47. The second-order valence-corrected chi connectivity index (χ2v) is 7.39. The molecule has 0 fully saturated rings. The number of para-hydroxylation sites is 1. The van der Waals surface area contributed by atoms with Gasteiger partial charge in [-0.2, -0.15) is 0 Å². The van der Waals surface area contributed by atoms with Crippen LogP contribution in [0.5, 0.6) is 0 Å². The standard InChI is InChI=1S/C20H25N5S/c1-4-21-20(24-13-18-14(2)25-15(3)26-18)23-12-10-17-8-5-7-16-9-6-11-22-19(16)17/h5-9,11H,4,10,12-13H2,1-3H3,(H2,21,23,24). The van der Waals surface area contributed by atoms with Gasteiger partial charge in [0.15, 0.2) is 5.96 Å². The van der Waals surface area contributed by atoms with Crippen molar-refractivity contribution in [3.05, 3.63) is 57.7 Å². The Labute approximate surface area is 158 Å². The van der Waals surface area contributed by atoms with Gasteiger partial charge in [-0.3, -0.25) is 4.98 Å². The van der Waals surface area contributed by atoms with E-state index >= 15 is 0 Å². The fraction of sp³-hybridized carbons (Fsp3) is 0.350. The molecule has 5 nitrogen and oxygen atoms in total. The quantitative estimate of drug-likeness (QED) is 0.516. The molecular formula is C20H25N5S. The summed E-state index contributed by atoms with van der Waals surface area (Å²) in [4.78, 5) is 14.9. The summed E-state index contributed by atoms with van der Waals surface area (Å²) in [6, 6.07) is 10.4. The third-order valence-corrected chi connectivity index (χ3v) is 5.19. The van der Waals surface area contributed by atoms with Crippen molar-refractivity contribution in [2.75, 3.05) is 13.1 Å². The predicted molar refractivity (Wildman–Crippen MR) is 110 cm³/mol. The zero-order valence-corrected chi connectivity index (χ0v) is 16.4. The molecule has 2 aromatic heterocycles. The smallest absolute Gasteiger partial charge is 0.191 e. The lowest BCUT2D eigenvalue weighted by Crippen LogP contribution is -2.38. The summed E-state index contributed by atoms with van der Waals surface area (Å²) in [6.07, 6.45) is 2.75. The summed E-state index contributed by atoms with van der Waals surface area (Å²) in [6.45, 7) is 8.45. The highest BCUT2D eigenvalue weighted by Gasteiger charge is 2.06. The maximum absolute atomic E-state index is 4.70. The number of benzene rings is 1. The van der Waals surface area contributed by atoms with Gasteiger partial charge in [0.05, 0.1) is 22.8 Å². The van der Waals surface area contributed by atoms with Crippen LogP contribution in [0.2, 0.25) is 0 Å². The molecule has 136 valence electrons. The Kier molecular flexibility index (Phi) is 6.17. The molecule has 6 heteroatoms. The molecular weight excluding hydrogens is 342 g/mol. The Morgan fingerprint density at radius 3 is 2.77 bits per heavy atom. The molecule has 2 N–H and O–H groups in total. The molecule has 0 saturated heterocycles. The normalized spacial score (nSPS) is 11.7. The molecule has 0 aliphatic heterocycles. The van der Waals surface area contributed by atoms with E-state index in [4.69, 9.17) is 4.99 Å². The van der Waals surface area contributed by atoms with E-state index in [-0.39, 0.29) is 0 Å². The van der Waals surface area contributed by atoms with Crippen LogP contribution >= 0.6 is 11.3 Å². The highest BCUT2D eigenvalue weighted by Crippen LogP contribution is 2.18. The van der Waals surface area contributed by atoms with Crippen molar-refractivity contribution in [1.29, 1.82) is 0 Å². The Morgan fingerprint density at radius 2 is 2.00 bits per heavy atom. The van der Waals surface area contributed by atoms with E-state index in [1.165, 1.54) is 15.8 Å². The van der Waals surface area contributed by atoms with Crippen molar-refractivity contribution in [3.63, 3.8) is 0 Å². The van der Waals surface area contributed by atoms with Crippen LogP contribution < -0.4 is 10.6 Å². The summed E-state index contributed by atoms with van der Waals surface area (Å²) in [5, 5.41) is 9.01. The first-order valence-electron chi connectivity index (χ1n) is 8.95. The van der Waals surface area contributed by atoms with Crippen molar-refractivity contribution in [2.45, 2.75) is 33.7 Å². The van der Waals surface area contributed by atoms with Crippen molar-refractivity contribution in [3.8, 4) is 0 Å². The van der Waals surface area contributed by atoms with Gasteiger partial charge in [-0.25, -0.2) is 9.98 Å². The first kappa shape index (κ1) is 18.3. The van der Waals surface area contributed by atoms with Crippen molar-refractivity contribution < 1.29 is 0 Å². The minimum absolute atomic E-state index is 0.655. The summed E-state index contributed by atoms with van der Waals surface area (Å²) in [7, 11) is 0. The van der Waals surface area contributed by atoms with Gasteiger partial charge in [0, 0.05) is 29.5 Å². The van der Waals surface area contributed by atoms with Crippen LogP contribution in [0.4, 0.5) is 0 Å². The number of fused-ring (bicyclic) bond motifs is 1. The number of aryl methyl sites for hydroxylation is 2. The van der Waals surface area contributed by atoms with Gasteiger partial charge in [-0.1, -0.05) is 24.3 Å². The molecule has 26 heavy (non-hydrogen) atoms. The number of aliphatic imine (C=N–C) groups is 1. The maximum Gasteiger partial charge on any atom is 0.191 e.